The third kappa shape index (κ3) is 8.43. The molecule has 0 aliphatic heterocycles. The van der Waals surface area contributed by atoms with Crippen LogP contribution in [0.3, 0.4) is 0 Å². The van der Waals surface area contributed by atoms with Gasteiger partial charge in [0.05, 0.1) is 16.3 Å². The standard InChI is InChI=1S/C32H32N4O6S/c1-22(37)33-26-14-10-24(11-15-26)25-12-16-27(17-13-25)43(40,41)36-20-19-23(21-36)9-18-30(38)34-28-7-5-6-8-29(28)35-31(39)42-32(2,3)4/h5-21H,1-4H3,(H,33,37)(H,34,38)(H,35,39)/b18-9+. The van der Waals surface area contributed by atoms with Crippen LogP contribution in [-0.4, -0.2) is 35.9 Å². The van der Waals surface area contributed by atoms with Gasteiger partial charge in [0.25, 0.3) is 10.0 Å². The molecule has 0 saturated heterocycles. The molecule has 3 amide bonds. The molecule has 3 aromatic carbocycles. The molecule has 1 heterocycles. The van der Waals surface area contributed by atoms with Crippen molar-refractivity contribution in [2.45, 2.75) is 38.2 Å². The summed E-state index contributed by atoms with van der Waals surface area (Å²) in [6.07, 6.45) is 4.91. The summed E-state index contributed by atoms with van der Waals surface area (Å²) in [4.78, 5) is 36.1. The van der Waals surface area contributed by atoms with Crippen LogP contribution in [-0.2, 0) is 24.3 Å². The molecule has 11 heteroatoms. The van der Waals surface area contributed by atoms with Crippen molar-refractivity contribution in [3.8, 4) is 11.1 Å². The van der Waals surface area contributed by atoms with Crippen molar-refractivity contribution in [3.05, 3.63) is 103 Å². The number of hydrogen-bond donors (Lipinski definition) is 3. The van der Waals surface area contributed by atoms with Crippen molar-refractivity contribution in [1.82, 2.24) is 3.97 Å². The predicted molar refractivity (Wildman–Crippen MR) is 167 cm³/mol. The predicted octanol–water partition coefficient (Wildman–Crippen LogP) is 6.35. The van der Waals surface area contributed by atoms with Crippen molar-refractivity contribution in [2.75, 3.05) is 16.0 Å². The van der Waals surface area contributed by atoms with Crippen LogP contribution < -0.4 is 16.0 Å². The Hall–Kier alpha value is -5.16. The quantitative estimate of drug-likeness (QED) is 0.202. The molecule has 222 valence electrons. The first kappa shape index (κ1) is 30.8. The third-order valence-corrected chi connectivity index (χ3v) is 7.56. The van der Waals surface area contributed by atoms with Crippen LogP contribution in [0.15, 0.2) is 102 Å². The van der Waals surface area contributed by atoms with Crippen LogP contribution in [0.4, 0.5) is 21.9 Å². The van der Waals surface area contributed by atoms with Crippen LogP contribution in [0.25, 0.3) is 17.2 Å². The lowest BCUT2D eigenvalue weighted by atomic mass is 10.1. The number of carbonyl (C=O) groups excluding carboxylic acids is 3. The Labute approximate surface area is 250 Å². The molecule has 0 spiro atoms. The first-order valence-corrected chi connectivity index (χ1v) is 14.7. The topological polar surface area (TPSA) is 136 Å². The van der Waals surface area contributed by atoms with Gasteiger partial charge < -0.3 is 15.4 Å². The number of aromatic nitrogens is 1. The number of benzene rings is 3. The molecule has 0 aliphatic carbocycles. The molecular weight excluding hydrogens is 568 g/mol. The van der Waals surface area contributed by atoms with Gasteiger partial charge in [-0.1, -0.05) is 36.4 Å². The van der Waals surface area contributed by atoms with E-state index in [2.05, 4.69) is 16.0 Å². The van der Waals surface area contributed by atoms with Crippen LogP contribution in [0.1, 0.15) is 33.3 Å². The molecule has 3 N–H and O–H groups in total. The van der Waals surface area contributed by atoms with Gasteiger partial charge in [0, 0.05) is 31.1 Å². The second kappa shape index (κ2) is 12.8. The molecule has 0 unspecified atom stereocenters. The summed E-state index contributed by atoms with van der Waals surface area (Å²) in [5.41, 5.74) is 2.91. The highest BCUT2D eigenvalue weighted by Gasteiger charge is 2.18. The molecular formula is C32H32N4O6S. The van der Waals surface area contributed by atoms with Crippen molar-refractivity contribution >= 4 is 51.1 Å². The van der Waals surface area contributed by atoms with E-state index in [1.807, 2.05) is 12.1 Å². The Balaban J connectivity index is 1.41. The van der Waals surface area contributed by atoms with Crippen LogP contribution in [0.5, 0.6) is 0 Å². The average Bonchev–Trinajstić information content (AvgIpc) is 3.42. The highest BCUT2D eigenvalue weighted by atomic mass is 32.2. The Morgan fingerprint density at radius 1 is 0.791 bits per heavy atom. The fraction of sp³-hybridized carbons (Fsp3) is 0.156. The summed E-state index contributed by atoms with van der Waals surface area (Å²) in [7, 11) is -3.87. The maximum absolute atomic E-state index is 13.2. The normalized spacial score (nSPS) is 11.6. The van der Waals surface area contributed by atoms with Gasteiger partial charge in [0.1, 0.15) is 5.60 Å². The molecule has 1 aromatic heterocycles. The molecule has 4 aromatic rings. The van der Waals surface area contributed by atoms with Gasteiger partial charge in [-0.25, -0.2) is 17.2 Å². The molecule has 43 heavy (non-hydrogen) atoms. The van der Waals surface area contributed by atoms with Gasteiger partial charge in [-0.2, -0.15) is 0 Å². The largest absolute Gasteiger partial charge is 0.444 e. The van der Waals surface area contributed by atoms with Crippen molar-refractivity contribution in [2.24, 2.45) is 0 Å². The number of ether oxygens (including phenoxy) is 1. The van der Waals surface area contributed by atoms with E-state index in [4.69, 9.17) is 4.74 Å². The zero-order chi connectivity index (χ0) is 31.2. The number of rotatable bonds is 8. The highest BCUT2D eigenvalue weighted by Crippen LogP contribution is 2.25. The van der Waals surface area contributed by atoms with E-state index in [1.54, 1.807) is 75.4 Å². The number of para-hydroxylation sites is 2. The van der Waals surface area contributed by atoms with E-state index < -0.39 is 27.6 Å². The van der Waals surface area contributed by atoms with Crippen LogP contribution in [0.2, 0.25) is 0 Å². The molecule has 0 fully saturated rings. The molecule has 4 rings (SSSR count). The van der Waals surface area contributed by atoms with E-state index >= 15 is 0 Å². The number of carbonyl (C=O) groups is 3. The molecule has 10 nitrogen and oxygen atoms in total. The highest BCUT2D eigenvalue weighted by molar-refractivity contribution is 7.90. The van der Waals surface area contributed by atoms with Gasteiger partial charge in [0.2, 0.25) is 11.8 Å². The number of nitrogens with one attached hydrogen (secondary N) is 3. The second-order valence-electron chi connectivity index (χ2n) is 10.6. The molecule has 0 aliphatic rings. The second-order valence-corrected chi connectivity index (χ2v) is 12.4. The number of anilines is 3. The monoisotopic (exact) mass is 600 g/mol. The zero-order valence-corrected chi connectivity index (χ0v) is 24.9. The SMILES string of the molecule is CC(=O)Nc1ccc(-c2ccc(S(=O)(=O)n3ccc(/C=C/C(=O)Nc4ccccc4NC(=O)OC(C)(C)C)c3)cc2)cc1. The fourth-order valence-electron chi connectivity index (χ4n) is 3.99. The van der Waals surface area contributed by atoms with E-state index in [-0.39, 0.29) is 10.8 Å². The maximum atomic E-state index is 13.2. The minimum Gasteiger partial charge on any atom is -0.444 e. The van der Waals surface area contributed by atoms with Gasteiger partial charge in [-0.05, 0) is 86.0 Å². The van der Waals surface area contributed by atoms with E-state index in [9.17, 15) is 22.8 Å². The van der Waals surface area contributed by atoms with Gasteiger partial charge in [0.15, 0.2) is 0 Å². The zero-order valence-electron chi connectivity index (χ0n) is 24.1. The third-order valence-electron chi connectivity index (χ3n) is 5.91. The Morgan fingerprint density at radius 2 is 1.37 bits per heavy atom. The minimum atomic E-state index is -3.87. The lowest BCUT2D eigenvalue weighted by Gasteiger charge is -2.20. The lowest BCUT2D eigenvalue weighted by Crippen LogP contribution is -2.27. The summed E-state index contributed by atoms with van der Waals surface area (Å²) < 4.78 is 32.8. The summed E-state index contributed by atoms with van der Waals surface area (Å²) in [6, 6.07) is 22.0. The lowest BCUT2D eigenvalue weighted by molar-refractivity contribution is -0.114. The van der Waals surface area contributed by atoms with E-state index in [0.29, 0.717) is 22.6 Å². The van der Waals surface area contributed by atoms with Crippen molar-refractivity contribution in [1.29, 1.82) is 0 Å². The van der Waals surface area contributed by atoms with Crippen molar-refractivity contribution < 1.29 is 27.5 Å². The van der Waals surface area contributed by atoms with Gasteiger partial charge >= 0.3 is 6.09 Å². The number of amides is 3. The first-order chi connectivity index (χ1) is 20.3. The number of nitrogens with zero attached hydrogens (tertiary/aromatic N) is 1. The minimum absolute atomic E-state index is 0.101. The molecule has 0 bridgehead atoms. The summed E-state index contributed by atoms with van der Waals surface area (Å²) >= 11 is 0. The summed E-state index contributed by atoms with van der Waals surface area (Å²) in [5, 5.41) is 8.03. The number of hydrogen-bond acceptors (Lipinski definition) is 6. The van der Waals surface area contributed by atoms with Gasteiger partial charge in [-0.15, -0.1) is 0 Å². The van der Waals surface area contributed by atoms with E-state index in [0.717, 1.165) is 15.1 Å². The van der Waals surface area contributed by atoms with Crippen LogP contribution >= 0.6 is 0 Å². The van der Waals surface area contributed by atoms with Crippen molar-refractivity contribution in [3.63, 3.8) is 0 Å². The van der Waals surface area contributed by atoms with E-state index in [1.165, 1.54) is 43.6 Å². The average molecular weight is 601 g/mol. The maximum Gasteiger partial charge on any atom is 0.412 e. The summed E-state index contributed by atoms with van der Waals surface area (Å²) in [6.45, 7) is 6.68. The smallest absolute Gasteiger partial charge is 0.412 e. The van der Waals surface area contributed by atoms with Gasteiger partial charge in [-0.3, -0.25) is 14.9 Å². The molecule has 0 radical (unpaired) electrons. The molecule has 0 atom stereocenters. The Morgan fingerprint density at radius 3 is 1.95 bits per heavy atom. The van der Waals surface area contributed by atoms with Crippen LogP contribution in [0, 0.1) is 0 Å². The summed E-state index contributed by atoms with van der Waals surface area (Å²) in [5.74, 6) is -0.639. The first-order valence-electron chi connectivity index (χ1n) is 13.3. The molecule has 0 saturated carbocycles. The Bertz CT molecular complexity index is 1770. The fourth-order valence-corrected chi connectivity index (χ4v) is 5.20. The Kier molecular flexibility index (Phi) is 9.15.